The Morgan fingerprint density at radius 1 is 1.60 bits per heavy atom. The number of nitrogens with two attached hydrogens (primary N) is 1. The van der Waals surface area contributed by atoms with Gasteiger partial charge in [-0.1, -0.05) is 17.8 Å². The lowest BCUT2D eigenvalue weighted by molar-refractivity contribution is 0.404. The van der Waals surface area contributed by atoms with Crippen molar-refractivity contribution in [3.8, 4) is 0 Å². The zero-order valence-electron chi connectivity index (χ0n) is 8.66. The maximum absolute atomic E-state index is 10.9. The van der Waals surface area contributed by atoms with E-state index in [0.717, 1.165) is 18.8 Å². The summed E-state index contributed by atoms with van der Waals surface area (Å²) in [5.74, 6) is 0.607. The molecule has 0 radical (unpaired) electrons. The molecule has 1 aliphatic rings. The Bertz CT molecular complexity index is 360. The minimum atomic E-state index is 0.0218. The molecule has 4 N–H and O–H groups in total. The largest absolute Gasteiger partial charge is 0.330 e. The van der Waals surface area contributed by atoms with Gasteiger partial charge in [-0.2, -0.15) is 0 Å². The maximum Gasteiger partial charge on any atom is 0.304 e. The van der Waals surface area contributed by atoms with Crippen LogP contribution in [0, 0.1) is 5.92 Å². The van der Waals surface area contributed by atoms with E-state index in [2.05, 4.69) is 10.3 Å². The number of aromatic nitrogens is 1. The summed E-state index contributed by atoms with van der Waals surface area (Å²) < 4.78 is 0. The first-order chi connectivity index (χ1) is 7.29. The molecular weight excluding hydrogens is 210 g/mol. The second-order valence-electron chi connectivity index (χ2n) is 4.09. The van der Waals surface area contributed by atoms with Crippen molar-refractivity contribution in [1.29, 1.82) is 0 Å². The molecule has 15 heavy (non-hydrogen) atoms. The van der Waals surface area contributed by atoms with E-state index >= 15 is 0 Å². The van der Waals surface area contributed by atoms with Gasteiger partial charge in [-0.15, -0.1) is 0 Å². The molecule has 1 aromatic rings. The molecule has 84 valence electrons. The normalized spacial score (nSPS) is 25.9. The van der Waals surface area contributed by atoms with Crippen LogP contribution in [0.3, 0.4) is 0 Å². The number of nitrogens with one attached hydrogen (secondary N) is 2. The molecule has 0 bridgehead atoms. The SMILES string of the molecule is NCC1CCCC1NCc1csc(=O)[nH]1. The Morgan fingerprint density at radius 3 is 3.13 bits per heavy atom. The Hall–Kier alpha value is -0.650. The Labute approximate surface area is 92.9 Å². The van der Waals surface area contributed by atoms with Crippen LogP contribution in [0.1, 0.15) is 25.0 Å². The van der Waals surface area contributed by atoms with E-state index in [1.165, 1.54) is 30.6 Å². The predicted octanol–water partition coefficient (Wildman–Crippen LogP) is 0.653. The smallest absolute Gasteiger partial charge is 0.304 e. The second kappa shape index (κ2) is 4.92. The van der Waals surface area contributed by atoms with Gasteiger partial charge in [0.2, 0.25) is 0 Å². The highest BCUT2D eigenvalue weighted by atomic mass is 32.1. The van der Waals surface area contributed by atoms with E-state index in [-0.39, 0.29) is 4.87 Å². The molecule has 0 amide bonds. The molecule has 0 aliphatic heterocycles. The summed E-state index contributed by atoms with van der Waals surface area (Å²) in [5, 5.41) is 5.35. The third-order valence-electron chi connectivity index (χ3n) is 3.09. The van der Waals surface area contributed by atoms with Crippen molar-refractivity contribution < 1.29 is 0 Å². The molecular formula is C10H17N3OS. The van der Waals surface area contributed by atoms with Gasteiger partial charge in [0, 0.05) is 23.7 Å². The first kappa shape index (κ1) is 10.9. The Kier molecular flexibility index (Phi) is 3.56. The molecule has 0 aromatic carbocycles. The van der Waals surface area contributed by atoms with Crippen LogP contribution in [0.15, 0.2) is 10.2 Å². The fourth-order valence-electron chi connectivity index (χ4n) is 2.23. The van der Waals surface area contributed by atoms with Crippen molar-refractivity contribution in [2.24, 2.45) is 11.7 Å². The average Bonchev–Trinajstić information content (AvgIpc) is 2.83. The molecule has 1 aliphatic carbocycles. The van der Waals surface area contributed by atoms with E-state index in [4.69, 9.17) is 5.73 Å². The average molecular weight is 227 g/mol. The van der Waals surface area contributed by atoms with E-state index in [9.17, 15) is 4.79 Å². The van der Waals surface area contributed by atoms with Gasteiger partial charge in [-0.25, -0.2) is 0 Å². The minimum Gasteiger partial charge on any atom is -0.330 e. The second-order valence-corrected chi connectivity index (χ2v) is 4.93. The van der Waals surface area contributed by atoms with Crippen LogP contribution in [0.25, 0.3) is 0 Å². The molecule has 1 saturated carbocycles. The van der Waals surface area contributed by atoms with Gasteiger partial charge >= 0.3 is 4.87 Å². The molecule has 2 atom stereocenters. The van der Waals surface area contributed by atoms with Gasteiger partial charge in [0.05, 0.1) is 0 Å². The zero-order chi connectivity index (χ0) is 10.7. The monoisotopic (exact) mass is 227 g/mol. The lowest BCUT2D eigenvalue weighted by Crippen LogP contribution is -2.35. The zero-order valence-corrected chi connectivity index (χ0v) is 9.48. The van der Waals surface area contributed by atoms with Crippen LogP contribution in [-0.4, -0.2) is 17.6 Å². The number of hydrogen-bond donors (Lipinski definition) is 3. The molecule has 4 nitrogen and oxygen atoms in total. The van der Waals surface area contributed by atoms with Crippen molar-refractivity contribution in [2.75, 3.05) is 6.54 Å². The minimum absolute atomic E-state index is 0.0218. The highest BCUT2D eigenvalue weighted by Gasteiger charge is 2.25. The third kappa shape index (κ3) is 2.68. The van der Waals surface area contributed by atoms with Crippen LogP contribution in [0.5, 0.6) is 0 Å². The standard InChI is InChI=1S/C10H17N3OS/c11-4-7-2-1-3-9(7)12-5-8-6-15-10(14)13-8/h6-7,9,12H,1-5,11H2,(H,13,14). The van der Waals surface area contributed by atoms with Crippen LogP contribution >= 0.6 is 11.3 Å². The first-order valence-electron chi connectivity index (χ1n) is 5.39. The molecule has 5 heteroatoms. The van der Waals surface area contributed by atoms with Gasteiger partial charge < -0.3 is 16.0 Å². The van der Waals surface area contributed by atoms with Crippen LogP contribution < -0.4 is 15.9 Å². The number of rotatable bonds is 4. The third-order valence-corrected chi connectivity index (χ3v) is 3.81. The van der Waals surface area contributed by atoms with E-state index in [1.54, 1.807) is 0 Å². The van der Waals surface area contributed by atoms with Gasteiger partial charge in [0.25, 0.3) is 0 Å². The molecule has 1 fully saturated rings. The van der Waals surface area contributed by atoms with Crippen LogP contribution in [-0.2, 0) is 6.54 Å². The summed E-state index contributed by atoms with van der Waals surface area (Å²) in [5.41, 5.74) is 6.68. The van der Waals surface area contributed by atoms with Crippen LogP contribution in [0.4, 0.5) is 0 Å². The van der Waals surface area contributed by atoms with E-state index in [0.29, 0.717) is 12.0 Å². The number of hydrogen-bond acceptors (Lipinski definition) is 4. The molecule has 0 saturated heterocycles. The van der Waals surface area contributed by atoms with Crippen molar-refractivity contribution in [3.63, 3.8) is 0 Å². The van der Waals surface area contributed by atoms with Gasteiger partial charge in [-0.05, 0) is 25.3 Å². The lowest BCUT2D eigenvalue weighted by atomic mass is 10.0. The molecule has 2 unspecified atom stereocenters. The van der Waals surface area contributed by atoms with E-state index < -0.39 is 0 Å². The fraction of sp³-hybridized carbons (Fsp3) is 0.700. The molecule has 0 spiro atoms. The summed E-state index contributed by atoms with van der Waals surface area (Å²) in [6.45, 7) is 1.51. The van der Waals surface area contributed by atoms with Crippen molar-refractivity contribution >= 4 is 11.3 Å². The predicted molar refractivity (Wildman–Crippen MR) is 62.0 cm³/mol. The summed E-state index contributed by atoms with van der Waals surface area (Å²) in [4.78, 5) is 13.7. The first-order valence-corrected chi connectivity index (χ1v) is 6.27. The summed E-state index contributed by atoms with van der Waals surface area (Å²) >= 11 is 1.22. The molecule has 1 aromatic heterocycles. The maximum atomic E-state index is 10.9. The summed E-state index contributed by atoms with van der Waals surface area (Å²) in [7, 11) is 0. The van der Waals surface area contributed by atoms with Crippen LogP contribution in [0.2, 0.25) is 0 Å². The van der Waals surface area contributed by atoms with Crippen molar-refractivity contribution in [3.05, 3.63) is 20.7 Å². The van der Waals surface area contributed by atoms with Gasteiger partial charge in [0.15, 0.2) is 0 Å². The fourth-order valence-corrected chi connectivity index (χ4v) is 2.81. The molecule has 2 rings (SSSR count). The molecule has 1 heterocycles. The van der Waals surface area contributed by atoms with E-state index in [1.807, 2.05) is 5.38 Å². The topological polar surface area (TPSA) is 70.9 Å². The highest BCUT2D eigenvalue weighted by Crippen LogP contribution is 2.24. The lowest BCUT2D eigenvalue weighted by Gasteiger charge is -2.18. The quantitative estimate of drug-likeness (QED) is 0.707. The van der Waals surface area contributed by atoms with Crippen molar-refractivity contribution in [2.45, 2.75) is 31.8 Å². The Balaban J connectivity index is 1.85. The summed E-state index contributed by atoms with van der Waals surface area (Å²) in [6.07, 6.45) is 3.70. The van der Waals surface area contributed by atoms with Gasteiger partial charge in [-0.3, -0.25) is 4.79 Å². The summed E-state index contributed by atoms with van der Waals surface area (Å²) in [6, 6.07) is 0.526. The highest BCUT2D eigenvalue weighted by molar-refractivity contribution is 7.07. The number of H-pyrrole nitrogens is 1. The Morgan fingerprint density at radius 2 is 2.47 bits per heavy atom. The van der Waals surface area contributed by atoms with Gasteiger partial charge in [0.1, 0.15) is 0 Å². The number of thiazole rings is 1. The number of aromatic amines is 1. The van der Waals surface area contributed by atoms with Crippen molar-refractivity contribution in [1.82, 2.24) is 10.3 Å².